The monoisotopic (exact) mass is 187 g/mol. The van der Waals surface area contributed by atoms with E-state index >= 15 is 0 Å². The Balaban J connectivity index is 0. The van der Waals surface area contributed by atoms with Gasteiger partial charge in [-0.25, -0.2) is 0 Å². The lowest BCUT2D eigenvalue weighted by Crippen LogP contribution is -1.81. The smallest absolute Gasteiger partial charge is 0.312 e. The highest BCUT2D eigenvalue weighted by Crippen LogP contribution is 1.97. The summed E-state index contributed by atoms with van der Waals surface area (Å²) in [4.78, 5) is 0. The second-order valence-electron chi connectivity index (χ2n) is 1.19. The quantitative estimate of drug-likeness (QED) is 0.647. The molecule has 3 N–H and O–H groups in total. The number of nitrogen functional groups attached to an aromatic ring is 1. The number of aliphatic hydroxyl groups excluding tert-OH is 1. The maximum Gasteiger partial charge on any atom is 0.312 e. The van der Waals surface area contributed by atoms with Crippen LogP contribution >= 0.6 is 24.8 Å². The fraction of sp³-hybridized carbons (Fsp3) is 0.333. The van der Waals surface area contributed by atoms with Gasteiger partial charge in [0.15, 0.2) is 0 Å². The van der Waals surface area contributed by atoms with Crippen molar-refractivity contribution in [3.8, 4) is 0 Å². The fourth-order valence-electron chi connectivity index (χ4n) is 0.330. The molecule has 0 aromatic carbocycles. The minimum Gasteiger partial charge on any atom is -0.406 e. The minimum absolute atomic E-state index is 0. The van der Waals surface area contributed by atoms with E-state index < -0.39 is 0 Å². The number of hydrogen-bond donors (Lipinski definition) is 2. The molecule has 0 bridgehead atoms. The first kappa shape index (κ1) is 12.2. The van der Waals surface area contributed by atoms with Crippen LogP contribution in [0.3, 0.4) is 0 Å². The first-order valence-electron chi connectivity index (χ1n) is 2.01. The van der Waals surface area contributed by atoms with Crippen molar-refractivity contribution in [1.82, 2.24) is 10.2 Å². The molecular formula is C3H7Cl2N3O2. The number of aliphatic hydroxyl groups is 1. The first-order chi connectivity index (χ1) is 3.83. The molecule has 0 saturated carbocycles. The molecule has 10 heavy (non-hydrogen) atoms. The standard InChI is InChI=1S/C3H5N3O2.2ClH/c4-3-6-5-2(1-7)8-3;;/h7H,1H2,(H2,4,6);2*1H. The number of nitrogens with two attached hydrogens (primary N) is 1. The summed E-state index contributed by atoms with van der Waals surface area (Å²) in [5, 5.41) is 14.9. The van der Waals surface area contributed by atoms with Crippen molar-refractivity contribution < 1.29 is 9.52 Å². The zero-order chi connectivity index (χ0) is 5.98. The predicted molar refractivity (Wildman–Crippen MR) is 39.1 cm³/mol. The van der Waals surface area contributed by atoms with E-state index in [0.29, 0.717) is 0 Å². The Morgan fingerprint density at radius 3 is 2.20 bits per heavy atom. The van der Waals surface area contributed by atoms with Crippen LogP contribution in [0.1, 0.15) is 5.89 Å². The van der Waals surface area contributed by atoms with Crippen molar-refractivity contribution in [1.29, 1.82) is 0 Å². The van der Waals surface area contributed by atoms with E-state index in [1.54, 1.807) is 0 Å². The predicted octanol–water partition coefficient (Wildman–Crippen LogP) is -0.0123. The van der Waals surface area contributed by atoms with Gasteiger partial charge < -0.3 is 15.3 Å². The van der Waals surface area contributed by atoms with Crippen molar-refractivity contribution in [2.24, 2.45) is 0 Å². The molecule has 1 rings (SSSR count). The molecule has 1 heterocycles. The van der Waals surface area contributed by atoms with Crippen molar-refractivity contribution >= 4 is 30.8 Å². The van der Waals surface area contributed by atoms with Gasteiger partial charge in [0.2, 0.25) is 5.89 Å². The van der Waals surface area contributed by atoms with E-state index in [4.69, 9.17) is 10.8 Å². The molecule has 0 amide bonds. The lowest BCUT2D eigenvalue weighted by molar-refractivity contribution is 0.242. The molecule has 60 valence electrons. The lowest BCUT2D eigenvalue weighted by Gasteiger charge is -1.77. The van der Waals surface area contributed by atoms with E-state index in [-0.39, 0.29) is 43.3 Å². The topological polar surface area (TPSA) is 85.2 Å². The van der Waals surface area contributed by atoms with Crippen LogP contribution < -0.4 is 5.73 Å². The van der Waals surface area contributed by atoms with E-state index in [1.165, 1.54) is 0 Å². The van der Waals surface area contributed by atoms with Crippen LogP contribution in [0.25, 0.3) is 0 Å². The van der Waals surface area contributed by atoms with Crippen LogP contribution in [0.2, 0.25) is 0 Å². The number of nitrogens with zero attached hydrogens (tertiary/aromatic N) is 2. The molecular weight excluding hydrogens is 181 g/mol. The Labute approximate surface area is 69.4 Å². The van der Waals surface area contributed by atoms with Gasteiger partial charge in [-0.15, -0.1) is 29.9 Å². The molecule has 0 spiro atoms. The summed E-state index contributed by atoms with van der Waals surface area (Å²) in [6.45, 7) is -0.260. The largest absolute Gasteiger partial charge is 0.406 e. The van der Waals surface area contributed by atoms with Gasteiger partial charge in [-0.3, -0.25) is 0 Å². The number of hydrogen-bond acceptors (Lipinski definition) is 5. The van der Waals surface area contributed by atoms with Crippen LogP contribution in [0.15, 0.2) is 4.42 Å². The zero-order valence-corrected chi connectivity index (χ0v) is 6.48. The third-order valence-corrected chi connectivity index (χ3v) is 0.618. The van der Waals surface area contributed by atoms with Gasteiger partial charge in [-0.1, -0.05) is 5.10 Å². The van der Waals surface area contributed by atoms with Crippen LogP contribution in [-0.2, 0) is 6.61 Å². The molecule has 0 aliphatic rings. The van der Waals surface area contributed by atoms with E-state index in [9.17, 15) is 0 Å². The number of anilines is 1. The molecule has 0 aliphatic heterocycles. The molecule has 7 heteroatoms. The SMILES string of the molecule is Cl.Cl.Nc1nnc(CO)o1. The van der Waals surface area contributed by atoms with Crippen molar-refractivity contribution in [2.75, 3.05) is 5.73 Å². The van der Waals surface area contributed by atoms with E-state index in [2.05, 4.69) is 14.6 Å². The minimum atomic E-state index is -0.260. The molecule has 0 aliphatic carbocycles. The highest BCUT2D eigenvalue weighted by molar-refractivity contribution is 5.85. The Morgan fingerprint density at radius 1 is 1.40 bits per heavy atom. The maximum absolute atomic E-state index is 8.30. The zero-order valence-electron chi connectivity index (χ0n) is 4.85. The lowest BCUT2D eigenvalue weighted by atomic mass is 10.7. The molecule has 5 nitrogen and oxygen atoms in total. The Bertz CT molecular complexity index is 180. The molecule has 0 saturated heterocycles. The summed E-state index contributed by atoms with van der Waals surface area (Å²) in [6.07, 6.45) is 0. The molecule has 0 unspecified atom stereocenters. The van der Waals surface area contributed by atoms with Crippen LogP contribution in [-0.4, -0.2) is 15.3 Å². The van der Waals surface area contributed by atoms with Crippen LogP contribution in [0.4, 0.5) is 6.01 Å². The van der Waals surface area contributed by atoms with Crippen molar-refractivity contribution in [3.05, 3.63) is 5.89 Å². The number of rotatable bonds is 1. The summed E-state index contributed by atoms with van der Waals surface area (Å²) >= 11 is 0. The Hall–Kier alpha value is -0.520. The van der Waals surface area contributed by atoms with Crippen LogP contribution in [0, 0.1) is 0 Å². The molecule has 0 atom stereocenters. The molecule has 1 aromatic rings. The summed E-state index contributed by atoms with van der Waals surface area (Å²) in [5.41, 5.74) is 5.00. The van der Waals surface area contributed by atoms with Crippen molar-refractivity contribution in [3.63, 3.8) is 0 Å². The van der Waals surface area contributed by atoms with E-state index in [1.807, 2.05) is 0 Å². The Kier molecular flexibility index (Phi) is 6.43. The summed E-state index contributed by atoms with van der Waals surface area (Å²) in [7, 11) is 0. The average Bonchev–Trinajstić information content (AvgIpc) is 2.14. The second kappa shape index (κ2) is 5.28. The third-order valence-electron chi connectivity index (χ3n) is 0.618. The van der Waals surface area contributed by atoms with Gasteiger partial charge >= 0.3 is 6.01 Å². The summed E-state index contributed by atoms with van der Waals surface area (Å²) in [5.74, 6) is 0.141. The van der Waals surface area contributed by atoms with E-state index in [0.717, 1.165) is 0 Å². The normalized spacial score (nSPS) is 7.70. The fourth-order valence-corrected chi connectivity index (χ4v) is 0.330. The van der Waals surface area contributed by atoms with Gasteiger partial charge in [0, 0.05) is 0 Å². The maximum atomic E-state index is 8.30. The Morgan fingerprint density at radius 2 is 2.00 bits per heavy atom. The van der Waals surface area contributed by atoms with Gasteiger partial charge in [-0.05, 0) is 0 Å². The van der Waals surface area contributed by atoms with Crippen molar-refractivity contribution in [2.45, 2.75) is 6.61 Å². The molecule has 1 aromatic heterocycles. The highest BCUT2D eigenvalue weighted by Gasteiger charge is 1.96. The highest BCUT2D eigenvalue weighted by atomic mass is 35.5. The molecule has 0 fully saturated rings. The third kappa shape index (κ3) is 2.86. The second-order valence-corrected chi connectivity index (χ2v) is 1.19. The number of aromatic nitrogens is 2. The average molecular weight is 188 g/mol. The van der Waals surface area contributed by atoms with Crippen LogP contribution in [0.5, 0.6) is 0 Å². The number of halogens is 2. The van der Waals surface area contributed by atoms with Gasteiger partial charge in [-0.2, -0.15) is 0 Å². The first-order valence-corrected chi connectivity index (χ1v) is 2.01. The van der Waals surface area contributed by atoms with Gasteiger partial charge in [0.1, 0.15) is 6.61 Å². The molecule has 0 radical (unpaired) electrons. The van der Waals surface area contributed by atoms with Gasteiger partial charge in [0.25, 0.3) is 0 Å². The van der Waals surface area contributed by atoms with Gasteiger partial charge in [0.05, 0.1) is 0 Å². The summed E-state index contributed by atoms with van der Waals surface area (Å²) < 4.78 is 4.54. The summed E-state index contributed by atoms with van der Waals surface area (Å²) in [6, 6.07) is -0.0194.